The Hall–Kier alpha value is -2.54. The summed E-state index contributed by atoms with van der Waals surface area (Å²) in [7, 11) is 0. The fourth-order valence-electron chi connectivity index (χ4n) is 3.81. The van der Waals surface area contributed by atoms with E-state index in [1.165, 1.54) is 22.4 Å². The van der Waals surface area contributed by atoms with Crippen LogP contribution < -0.4 is 5.32 Å². The van der Waals surface area contributed by atoms with E-state index >= 15 is 0 Å². The van der Waals surface area contributed by atoms with Crippen LogP contribution in [0.4, 0.5) is 5.69 Å². The molecule has 0 aromatic heterocycles. The topological polar surface area (TPSA) is 12.0 Å². The van der Waals surface area contributed by atoms with Crippen LogP contribution in [-0.2, 0) is 5.41 Å². The van der Waals surface area contributed by atoms with Gasteiger partial charge < -0.3 is 5.32 Å². The maximum atomic E-state index is 3.74. The van der Waals surface area contributed by atoms with Gasteiger partial charge in [0.05, 0.1) is 6.04 Å². The molecule has 0 amide bonds. The monoisotopic (exact) mass is 299 g/mol. The summed E-state index contributed by atoms with van der Waals surface area (Å²) in [6.07, 6.45) is 1.05. The number of fused-ring (bicyclic) bond motifs is 1. The Balaban J connectivity index is 1.85. The van der Waals surface area contributed by atoms with E-state index in [0.717, 1.165) is 6.42 Å². The van der Waals surface area contributed by atoms with Crippen molar-refractivity contribution < 1.29 is 0 Å². The zero-order chi connectivity index (χ0) is 15.7. The van der Waals surface area contributed by atoms with Crippen LogP contribution in [-0.4, -0.2) is 0 Å². The van der Waals surface area contributed by atoms with E-state index < -0.39 is 0 Å². The SMILES string of the molecule is C[C@@]1(c2ccccc2)C[C@@H](c2ccccc2)Nc2ccccc21. The molecule has 3 aromatic rings. The molecule has 1 aliphatic rings. The lowest BCUT2D eigenvalue weighted by molar-refractivity contribution is 0.460. The van der Waals surface area contributed by atoms with Gasteiger partial charge >= 0.3 is 0 Å². The number of nitrogens with one attached hydrogen (secondary N) is 1. The lowest BCUT2D eigenvalue weighted by Gasteiger charge is -2.41. The molecule has 1 heteroatoms. The second-order valence-corrected chi connectivity index (χ2v) is 6.56. The van der Waals surface area contributed by atoms with Gasteiger partial charge in [-0.15, -0.1) is 0 Å². The highest BCUT2D eigenvalue weighted by Gasteiger charge is 2.38. The van der Waals surface area contributed by atoms with Crippen LogP contribution in [0.5, 0.6) is 0 Å². The molecule has 23 heavy (non-hydrogen) atoms. The smallest absolute Gasteiger partial charge is 0.0525 e. The highest BCUT2D eigenvalue weighted by atomic mass is 14.9. The van der Waals surface area contributed by atoms with Gasteiger partial charge in [-0.25, -0.2) is 0 Å². The van der Waals surface area contributed by atoms with Gasteiger partial charge in [0, 0.05) is 11.1 Å². The lowest BCUT2D eigenvalue weighted by atomic mass is 9.68. The Morgan fingerprint density at radius 1 is 0.783 bits per heavy atom. The molecule has 0 unspecified atom stereocenters. The van der Waals surface area contributed by atoms with Gasteiger partial charge in [0.2, 0.25) is 0 Å². The first-order valence-electron chi connectivity index (χ1n) is 8.24. The molecule has 3 aromatic carbocycles. The van der Waals surface area contributed by atoms with Crippen molar-refractivity contribution in [3.05, 3.63) is 102 Å². The summed E-state index contributed by atoms with van der Waals surface area (Å²) in [6, 6.07) is 30.7. The average Bonchev–Trinajstić information content (AvgIpc) is 2.63. The highest BCUT2D eigenvalue weighted by molar-refractivity contribution is 5.61. The first kappa shape index (κ1) is 14.1. The van der Waals surface area contributed by atoms with Crippen LogP contribution in [0.2, 0.25) is 0 Å². The first-order valence-corrected chi connectivity index (χ1v) is 8.24. The lowest BCUT2D eigenvalue weighted by Crippen LogP contribution is -2.34. The molecule has 1 heterocycles. The molecule has 114 valence electrons. The molecule has 0 spiro atoms. The van der Waals surface area contributed by atoms with Crippen LogP contribution in [0.1, 0.15) is 36.1 Å². The quantitative estimate of drug-likeness (QED) is 0.654. The van der Waals surface area contributed by atoms with Crippen molar-refractivity contribution in [2.75, 3.05) is 5.32 Å². The van der Waals surface area contributed by atoms with Gasteiger partial charge in [0.15, 0.2) is 0 Å². The predicted molar refractivity (Wildman–Crippen MR) is 96.8 cm³/mol. The van der Waals surface area contributed by atoms with Crippen molar-refractivity contribution in [3.8, 4) is 0 Å². The van der Waals surface area contributed by atoms with Crippen molar-refractivity contribution in [2.24, 2.45) is 0 Å². The Morgan fingerprint density at radius 3 is 2.13 bits per heavy atom. The average molecular weight is 299 g/mol. The fraction of sp³-hybridized carbons (Fsp3) is 0.182. The maximum Gasteiger partial charge on any atom is 0.0525 e. The molecule has 0 saturated carbocycles. The predicted octanol–water partition coefficient (Wildman–Crippen LogP) is 5.55. The van der Waals surface area contributed by atoms with E-state index in [4.69, 9.17) is 0 Å². The number of anilines is 1. The number of hydrogen-bond donors (Lipinski definition) is 1. The molecule has 0 saturated heterocycles. The van der Waals surface area contributed by atoms with Crippen molar-refractivity contribution >= 4 is 5.69 Å². The van der Waals surface area contributed by atoms with Crippen molar-refractivity contribution in [1.29, 1.82) is 0 Å². The molecule has 0 fully saturated rings. The second kappa shape index (κ2) is 5.58. The van der Waals surface area contributed by atoms with Gasteiger partial charge in [-0.1, -0.05) is 85.8 Å². The summed E-state index contributed by atoms with van der Waals surface area (Å²) in [5.41, 5.74) is 5.39. The van der Waals surface area contributed by atoms with Crippen LogP contribution in [0, 0.1) is 0 Å². The van der Waals surface area contributed by atoms with E-state index in [1.807, 2.05) is 0 Å². The third-order valence-corrected chi connectivity index (χ3v) is 5.08. The maximum absolute atomic E-state index is 3.74. The zero-order valence-corrected chi connectivity index (χ0v) is 13.4. The van der Waals surface area contributed by atoms with Crippen LogP contribution in [0.3, 0.4) is 0 Å². The molecular formula is C22H21N. The number of hydrogen-bond acceptors (Lipinski definition) is 1. The normalized spacial score (nSPS) is 22.9. The number of rotatable bonds is 2. The van der Waals surface area contributed by atoms with Crippen LogP contribution >= 0.6 is 0 Å². The van der Waals surface area contributed by atoms with E-state index in [1.54, 1.807) is 0 Å². The van der Waals surface area contributed by atoms with Gasteiger partial charge in [0.25, 0.3) is 0 Å². The Bertz CT molecular complexity index is 794. The third-order valence-electron chi connectivity index (χ3n) is 5.08. The standard InChI is InChI=1S/C22H21N/c1-22(18-12-6-3-7-13-18)16-21(17-10-4-2-5-11-17)23-20-15-9-8-14-19(20)22/h2-15,21,23H,16H2,1H3/t21-,22-/m0/s1. The summed E-state index contributed by atoms with van der Waals surface area (Å²) in [4.78, 5) is 0. The van der Waals surface area contributed by atoms with Crippen molar-refractivity contribution in [3.63, 3.8) is 0 Å². The molecule has 0 aliphatic carbocycles. The van der Waals surface area contributed by atoms with Gasteiger partial charge in [-0.05, 0) is 29.2 Å². The van der Waals surface area contributed by atoms with Gasteiger partial charge in [-0.2, -0.15) is 0 Å². The number of para-hydroxylation sites is 1. The number of benzene rings is 3. The molecule has 1 aliphatic heterocycles. The Kier molecular flexibility index (Phi) is 3.42. The molecule has 2 atom stereocenters. The minimum atomic E-state index is 0.0175. The first-order chi connectivity index (χ1) is 11.3. The largest absolute Gasteiger partial charge is 0.378 e. The van der Waals surface area contributed by atoms with Gasteiger partial charge in [0.1, 0.15) is 0 Å². The summed E-state index contributed by atoms with van der Waals surface area (Å²) in [5.74, 6) is 0. The molecule has 1 nitrogen and oxygen atoms in total. The summed E-state index contributed by atoms with van der Waals surface area (Å²) >= 11 is 0. The summed E-state index contributed by atoms with van der Waals surface area (Å²) in [6.45, 7) is 2.37. The van der Waals surface area contributed by atoms with Gasteiger partial charge in [-0.3, -0.25) is 0 Å². The molecule has 0 radical (unpaired) electrons. The highest BCUT2D eigenvalue weighted by Crippen LogP contribution is 2.47. The Morgan fingerprint density at radius 2 is 1.39 bits per heavy atom. The third kappa shape index (κ3) is 2.43. The fourth-order valence-corrected chi connectivity index (χ4v) is 3.81. The zero-order valence-electron chi connectivity index (χ0n) is 13.4. The second-order valence-electron chi connectivity index (χ2n) is 6.56. The molecule has 1 N–H and O–H groups in total. The van der Waals surface area contributed by atoms with E-state index in [2.05, 4.69) is 97.2 Å². The van der Waals surface area contributed by atoms with Crippen molar-refractivity contribution in [1.82, 2.24) is 0 Å². The minimum Gasteiger partial charge on any atom is -0.378 e. The molecule has 4 rings (SSSR count). The summed E-state index contributed by atoms with van der Waals surface area (Å²) in [5, 5.41) is 3.74. The van der Waals surface area contributed by atoms with E-state index in [0.29, 0.717) is 6.04 Å². The van der Waals surface area contributed by atoms with E-state index in [-0.39, 0.29) is 5.41 Å². The van der Waals surface area contributed by atoms with Crippen molar-refractivity contribution in [2.45, 2.75) is 24.8 Å². The van der Waals surface area contributed by atoms with E-state index in [9.17, 15) is 0 Å². The summed E-state index contributed by atoms with van der Waals surface area (Å²) < 4.78 is 0. The molecule has 0 bridgehead atoms. The van der Waals surface area contributed by atoms with Crippen LogP contribution in [0.15, 0.2) is 84.9 Å². The van der Waals surface area contributed by atoms with Crippen LogP contribution in [0.25, 0.3) is 0 Å². The Labute approximate surface area is 138 Å². The minimum absolute atomic E-state index is 0.0175. The molecular weight excluding hydrogens is 278 g/mol.